The Morgan fingerprint density at radius 3 is 2.04 bits per heavy atom. The molecule has 0 radical (unpaired) electrons. The van der Waals surface area contributed by atoms with E-state index in [1.165, 1.54) is 80.5 Å². The molecule has 0 amide bonds. The highest BCUT2D eigenvalue weighted by Gasteiger charge is 2.29. The van der Waals surface area contributed by atoms with Gasteiger partial charge in [-0.3, -0.25) is 0 Å². The number of hydrogen-bond acceptors (Lipinski definition) is 2. The minimum Gasteiger partial charge on any atom is -0.309 e. The fraction of sp³-hybridized carbons (Fsp3) is 0.0833. The van der Waals surface area contributed by atoms with E-state index in [9.17, 15) is 0 Å². The average molecular weight is 690 g/mol. The number of hydrogen-bond donors (Lipinski definition) is 0. The van der Waals surface area contributed by atoms with Crippen molar-refractivity contribution < 1.29 is 0 Å². The Morgan fingerprint density at radius 1 is 0.529 bits per heavy atom. The van der Waals surface area contributed by atoms with E-state index in [-0.39, 0.29) is 5.92 Å². The molecule has 0 N–H and O–H groups in total. The summed E-state index contributed by atoms with van der Waals surface area (Å²) in [5.41, 5.74) is 11.9. The van der Waals surface area contributed by atoms with Gasteiger partial charge in [0.25, 0.3) is 0 Å². The van der Waals surface area contributed by atoms with E-state index in [2.05, 4.69) is 181 Å². The van der Waals surface area contributed by atoms with Crippen LogP contribution < -0.4 is 0 Å². The van der Waals surface area contributed by atoms with Crippen LogP contribution in [0.5, 0.6) is 0 Å². The Bertz CT molecular complexity index is 2600. The van der Waals surface area contributed by atoms with Gasteiger partial charge in [0.05, 0.1) is 11.0 Å². The topological polar surface area (TPSA) is 4.93 Å². The number of para-hydroxylation sites is 3. The molecule has 1 nitrogen and oxygen atoms in total. The number of benzene rings is 6. The third-order valence-electron chi connectivity index (χ3n) is 10.6. The Hall–Kier alpha value is -5.22. The average Bonchev–Trinajstić information content (AvgIpc) is 3.54. The smallest absolute Gasteiger partial charge is 0.0579 e. The van der Waals surface area contributed by atoms with E-state index in [1.54, 1.807) is 0 Å². The van der Waals surface area contributed by atoms with E-state index < -0.39 is 0 Å². The highest BCUT2D eigenvalue weighted by Crippen LogP contribution is 2.53. The third kappa shape index (κ3) is 5.26. The summed E-state index contributed by atoms with van der Waals surface area (Å²) in [7, 11) is 0. The largest absolute Gasteiger partial charge is 0.309 e. The van der Waals surface area contributed by atoms with Crippen molar-refractivity contribution in [2.24, 2.45) is 0 Å². The van der Waals surface area contributed by atoms with Gasteiger partial charge >= 0.3 is 0 Å². The molecule has 0 saturated carbocycles. The van der Waals surface area contributed by atoms with Crippen molar-refractivity contribution in [3.05, 3.63) is 198 Å². The highest BCUT2D eigenvalue weighted by molar-refractivity contribution is 8.03. The quantitative estimate of drug-likeness (QED) is 0.182. The Kier molecular flexibility index (Phi) is 7.70. The summed E-state index contributed by atoms with van der Waals surface area (Å²) in [6, 6.07) is 51.6. The molecule has 3 aliphatic rings. The highest BCUT2D eigenvalue weighted by atomic mass is 32.2. The van der Waals surface area contributed by atoms with Gasteiger partial charge in [-0.1, -0.05) is 163 Å². The van der Waals surface area contributed by atoms with E-state index in [0.29, 0.717) is 5.92 Å². The van der Waals surface area contributed by atoms with Crippen molar-refractivity contribution in [2.45, 2.75) is 39.4 Å². The van der Waals surface area contributed by atoms with Gasteiger partial charge in [-0.15, -0.1) is 0 Å². The van der Waals surface area contributed by atoms with Gasteiger partial charge in [0.15, 0.2) is 0 Å². The first-order valence-corrected chi connectivity index (χ1v) is 19.4. The van der Waals surface area contributed by atoms with Gasteiger partial charge in [-0.2, -0.15) is 0 Å². The van der Waals surface area contributed by atoms with Crippen molar-refractivity contribution in [3.63, 3.8) is 0 Å². The Labute approximate surface area is 307 Å². The molecular formula is C48H35NS2. The number of nitrogens with zero attached hydrogens (tertiary/aromatic N) is 1. The van der Waals surface area contributed by atoms with Crippen molar-refractivity contribution in [2.75, 3.05) is 0 Å². The van der Waals surface area contributed by atoms with E-state index in [4.69, 9.17) is 0 Å². The summed E-state index contributed by atoms with van der Waals surface area (Å²) in [6.07, 6.45) is 16.0. The second-order valence-corrected chi connectivity index (χ2v) is 15.7. The summed E-state index contributed by atoms with van der Waals surface area (Å²) < 4.78 is 2.48. The molecule has 2 unspecified atom stereocenters. The van der Waals surface area contributed by atoms with Gasteiger partial charge in [-0.05, 0) is 82.0 Å². The first kappa shape index (κ1) is 30.6. The molecule has 0 fully saturated rings. The maximum absolute atomic E-state index is 2.49. The second-order valence-electron chi connectivity index (χ2n) is 13.5. The lowest BCUT2D eigenvalue weighted by Gasteiger charge is -2.29. The summed E-state index contributed by atoms with van der Waals surface area (Å²) in [4.78, 5) is 5.36. The molecule has 0 bridgehead atoms. The lowest BCUT2D eigenvalue weighted by atomic mass is 9.82. The molecular weight excluding hydrogens is 655 g/mol. The molecule has 7 aromatic rings. The van der Waals surface area contributed by atoms with Gasteiger partial charge < -0.3 is 4.57 Å². The van der Waals surface area contributed by atoms with E-state index in [0.717, 1.165) is 12.8 Å². The van der Waals surface area contributed by atoms with Crippen LogP contribution in [0.15, 0.2) is 196 Å². The SMILES string of the molecule is C1=CCC(c2cccc3c2C2=C(CC(c4cccc5c6ccccc6n(-c6ccccc6)c45)C=C2)Sc2ccccc2-c2ccccc2S3)C=C1. The molecule has 3 heteroatoms. The number of allylic oxidation sites excluding steroid dienone is 8. The molecule has 51 heavy (non-hydrogen) atoms. The van der Waals surface area contributed by atoms with Crippen molar-refractivity contribution >= 4 is 50.9 Å². The first-order chi connectivity index (χ1) is 25.3. The molecule has 1 aromatic heterocycles. The van der Waals surface area contributed by atoms with Crippen LogP contribution in [0.2, 0.25) is 0 Å². The van der Waals surface area contributed by atoms with Crippen molar-refractivity contribution in [1.29, 1.82) is 0 Å². The van der Waals surface area contributed by atoms with Gasteiger partial charge in [0, 0.05) is 48.5 Å². The lowest BCUT2D eigenvalue weighted by molar-refractivity contribution is 0.836. The van der Waals surface area contributed by atoms with Crippen LogP contribution in [0.4, 0.5) is 0 Å². The zero-order chi connectivity index (χ0) is 33.7. The van der Waals surface area contributed by atoms with E-state index in [1.807, 2.05) is 23.5 Å². The van der Waals surface area contributed by atoms with Gasteiger partial charge in [-0.25, -0.2) is 0 Å². The maximum atomic E-state index is 2.49. The molecule has 2 atom stereocenters. The van der Waals surface area contributed by atoms with Gasteiger partial charge in [0.1, 0.15) is 0 Å². The Morgan fingerprint density at radius 2 is 1.22 bits per heavy atom. The van der Waals surface area contributed by atoms with E-state index >= 15 is 0 Å². The fourth-order valence-electron chi connectivity index (χ4n) is 8.25. The first-order valence-electron chi connectivity index (χ1n) is 17.8. The van der Waals surface area contributed by atoms with Crippen LogP contribution in [0.3, 0.4) is 0 Å². The second kappa shape index (κ2) is 12.8. The van der Waals surface area contributed by atoms with Crippen LogP contribution in [0.1, 0.15) is 41.4 Å². The lowest BCUT2D eigenvalue weighted by Crippen LogP contribution is -2.09. The molecule has 0 spiro atoms. The predicted octanol–water partition coefficient (Wildman–Crippen LogP) is 13.8. The van der Waals surface area contributed by atoms with Crippen LogP contribution in [-0.2, 0) is 0 Å². The Balaban J connectivity index is 1.19. The number of rotatable bonds is 3. The zero-order valence-corrected chi connectivity index (χ0v) is 29.7. The van der Waals surface area contributed by atoms with Crippen LogP contribution in [0.25, 0.3) is 44.2 Å². The summed E-state index contributed by atoms with van der Waals surface area (Å²) in [6.45, 7) is 0. The van der Waals surface area contributed by atoms with Gasteiger partial charge in [0.2, 0.25) is 0 Å². The number of thioether (sulfide) groups is 1. The summed E-state index contributed by atoms with van der Waals surface area (Å²) in [5.74, 6) is 0.561. The minimum absolute atomic E-state index is 0.217. The minimum atomic E-state index is 0.217. The van der Waals surface area contributed by atoms with Crippen LogP contribution >= 0.6 is 23.5 Å². The molecule has 2 heterocycles. The predicted molar refractivity (Wildman–Crippen MR) is 218 cm³/mol. The molecule has 2 aliphatic carbocycles. The zero-order valence-electron chi connectivity index (χ0n) is 28.1. The third-order valence-corrected chi connectivity index (χ3v) is 12.9. The molecule has 10 rings (SSSR count). The maximum Gasteiger partial charge on any atom is 0.0579 e. The molecule has 1 aliphatic heterocycles. The standard InChI is InChI=1S/C48H35NS2/c1-3-15-32(16-4-1)35-22-14-28-45-47(35)41-30-29-33(31-46(41)51-44-27-12-9-21-39(44)38-20-8-11-26-43(38)50-45)36-23-13-24-40-37-19-7-10-25-42(37)49(48(36)40)34-17-5-2-6-18-34/h1-15,17-30,32-33H,16,31H2. The number of aromatic nitrogens is 1. The fourth-order valence-corrected chi connectivity index (χ4v) is 10.6. The monoisotopic (exact) mass is 689 g/mol. The van der Waals surface area contributed by atoms with Crippen molar-refractivity contribution in [3.8, 4) is 16.8 Å². The molecule has 0 saturated heterocycles. The molecule has 6 aromatic carbocycles. The summed E-state index contributed by atoms with van der Waals surface area (Å²) >= 11 is 3.88. The van der Waals surface area contributed by atoms with Crippen LogP contribution in [0, 0.1) is 0 Å². The molecule has 244 valence electrons. The summed E-state index contributed by atoms with van der Waals surface area (Å²) in [5, 5.41) is 2.60. The number of fused-ring (bicyclic) bond motifs is 8. The van der Waals surface area contributed by atoms with Crippen LogP contribution in [-0.4, -0.2) is 4.57 Å². The normalized spacial score (nSPS) is 18.0. The van der Waals surface area contributed by atoms with Crippen molar-refractivity contribution in [1.82, 2.24) is 4.57 Å².